The van der Waals surface area contributed by atoms with Gasteiger partial charge in [0, 0.05) is 33.3 Å². The van der Waals surface area contributed by atoms with E-state index >= 15 is 0 Å². The first kappa shape index (κ1) is 16.4. The van der Waals surface area contributed by atoms with E-state index in [1.165, 1.54) is 0 Å². The molecule has 0 spiro atoms. The van der Waals surface area contributed by atoms with Crippen LogP contribution in [0.25, 0.3) is 0 Å². The zero-order chi connectivity index (χ0) is 15.0. The molecule has 8 nitrogen and oxygen atoms in total. The Morgan fingerprint density at radius 1 is 1.00 bits per heavy atom. The van der Waals surface area contributed by atoms with E-state index < -0.39 is 0 Å². The number of hydrazine groups is 1. The summed E-state index contributed by atoms with van der Waals surface area (Å²) < 4.78 is 5.11. The molecule has 0 saturated heterocycles. The molecule has 1 rings (SSSR count). The van der Waals surface area contributed by atoms with Crippen LogP contribution in [0.5, 0.6) is 0 Å². The third-order valence-electron chi connectivity index (χ3n) is 3.02. The molecule has 0 atom stereocenters. The highest BCUT2D eigenvalue weighted by molar-refractivity contribution is 5.44. The van der Waals surface area contributed by atoms with Gasteiger partial charge in [0.25, 0.3) is 0 Å². The first-order valence-corrected chi connectivity index (χ1v) is 6.91. The second kappa shape index (κ2) is 8.49. The molecule has 0 saturated carbocycles. The van der Waals surface area contributed by atoms with Gasteiger partial charge in [-0.15, -0.1) is 0 Å². The molecular formula is C12H25N7O. The van der Waals surface area contributed by atoms with E-state index in [-0.39, 0.29) is 0 Å². The third kappa shape index (κ3) is 4.17. The Balaban J connectivity index is 3.07. The van der Waals surface area contributed by atoms with Gasteiger partial charge in [-0.2, -0.15) is 15.0 Å². The predicted molar refractivity (Wildman–Crippen MR) is 81.0 cm³/mol. The zero-order valence-electron chi connectivity index (χ0n) is 12.8. The molecule has 0 bridgehead atoms. The van der Waals surface area contributed by atoms with Crippen LogP contribution in [0.1, 0.15) is 20.8 Å². The minimum absolute atomic E-state index is 0.368. The number of aromatic nitrogens is 3. The summed E-state index contributed by atoms with van der Waals surface area (Å²) in [6.45, 7) is 9.95. The maximum atomic E-state index is 5.45. The van der Waals surface area contributed by atoms with Gasteiger partial charge >= 0.3 is 0 Å². The Kier molecular flexibility index (Phi) is 6.96. The molecule has 0 aliphatic heterocycles. The molecule has 114 valence electrons. The van der Waals surface area contributed by atoms with Gasteiger partial charge in [-0.25, -0.2) is 5.84 Å². The fraction of sp³-hybridized carbons (Fsp3) is 0.750. The van der Waals surface area contributed by atoms with Crippen LogP contribution in [-0.4, -0.2) is 54.8 Å². The maximum absolute atomic E-state index is 5.45. The van der Waals surface area contributed by atoms with Crippen molar-refractivity contribution in [2.24, 2.45) is 5.84 Å². The largest absolute Gasteiger partial charge is 0.383 e. The summed E-state index contributed by atoms with van der Waals surface area (Å²) in [5.74, 6) is 7.05. The summed E-state index contributed by atoms with van der Waals surface area (Å²) in [6.07, 6.45) is 0. The number of hydrogen-bond acceptors (Lipinski definition) is 8. The number of nitrogens with two attached hydrogens (primary N) is 1. The third-order valence-corrected chi connectivity index (χ3v) is 3.02. The first-order valence-electron chi connectivity index (χ1n) is 6.91. The van der Waals surface area contributed by atoms with Crippen LogP contribution in [0.2, 0.25) is 0 Å². The SMILES string of the molecule is CCN(CC)c1nc(NN)nc(N(CC)CCOC)n1. The molecule has 1 aromatic rings. The van der Waals surface area contributed by atoms with Crippen molar-refractivity contribution in [3.05, 3.63) is 0 Å². The summed E-state index contributed by atoms with van der Waals surface area (Å²) >= 11 is 0. The molecule has 0 unspecified atom stereocenters. The highest BCUT2D eigenvalue weighted by Crippen LogP contribution is 2.15. The Morgan fingerprint density at radius 3 is 2.00 bits per heavy atom. The lowest BCUT2D eigenvalue weighted by Crippen LogP contribution is -2.31. The minimum atomic E-state index is 0.368. The average molecular weight is 283 g/mol. The van der Waals surface area contributed by atoms with Crippen molar-refractivity contribution in [3.63, 3.8) is 0 Å². The van der Waals surface area contributed by atoms with E-state index in [0.717, 1.165) is 26.2 Å². The van der Waals surface area contributed by atoms with Crippen LogP contribution < -0.4 is 21.1 Å². The summed E-state index contributed by atoms with van der Waals surface area (Å²) in [5, 5.41) is 0. The van der Waals surface area contributed by atoms with Gasteiger partial charge in [-0.1, -0.05) is 0 Å². The van der Waals surface area contributed by atoms with Gasteiger partial charge < -0.3 is 14.5 Å². The number of likely N-dealkylation sites (N-methyl/N-ethyl adjacent to an activating group) is 1. The van der Waals surface area contributed by atoms with Crippen LogP contribution in [-0.2, 0) is 4.74 Å². The highest BCUT2D eigenvalue weighted by atomic mass is 16.5. The molecule has 0 radical (unpaired) electrons. The number of nitrogen functional groups attached to an aromatic ring is 1. The quantitative estimate of drug-likeness (QED) is 0.499. The van der Waals surface area contributed by atoms with E-state index in [9.17, 15) is 0 Å². The highest BCUT2D eigenvalue weighted by Gasteiger charge is 2.14. The van der Waals surface area contributed by atoms with E-state index in [2.05, 4.69) is 39.1 Å². The van der Waals surface area contributed by atoms with Gasteiger partial charge in [0.1, 0.15) is 0 Å². The Morgan fingerprint density at radius 2 is 1.55 bits per heavy atom. The molecule has 8 heteroatoms. The molecule has 20 heavy (non-hydrogen) atoms. The second-order valence-electron chi connectivity index (χ2n) is 4.15. The Labute approximate surface area is 120 Å². The number of nitrogens with zero attached hydrogens (tertiary/aromatic N) is 5. The lowest BCUT2D eigenvalue weighted by molar-refractivity contribution is 0.205. The lowest BCUT2D eigenvalue weighted by Gasteiger charge is -2.24. The van der Waals surface area contributed by atoms with Crippen LogP contribution in [0.4, 0.5) is 17.8 Å². The van der Waals surface area contributed by atoms with Crippen molar-refractivity contribution in [2.75, 3.05) is 55.1 Å². The molecule has 0 amide bonds. The van der Waals surface area contributed by atoms with Gasteiger partial charge in [-0.05, 0) is 20.8 Å². The van der Waals surface area contributed by atoms with E-state index in [0.29, 0.717) is 24.5 Å². The summed E-state index contributed by atoms with van der Waals surface area (Å²) in [7, 11) is 1.68. The first-order chi connectivity index (χ1) is 9.69. The number of methoxy groups -OCH3 is 1. The maximum Gasteiger partial charge on any atom is 0.243 e. The van der Waals surface area contributed by atoms with Crippen molar-refractivity contribution in [1.29, 1.82) is 0 Å². The molecule has 0 fully saturated rings. The Hall–Kier alpha value is -1.67. The number of hydrogen-bond donors (Lipinski definition) is 2. The number of nitrogens with one attached hydrogen (secondary N) is 1. The number of anilines is 3. The van der Waals surface area contributed by atoms with Crippen LogP contribution in [0.15, 0.2) is 0 Å². The fourth-order valence-electron chi connectivity index (χ4n) is 1.81. The van der Waals surface area contributed by atoms with Crippen LogP contribution in [0.3, 0.4) is 0 Å². The van der Waals surface area contributed by atoms with E-state index in [1.807, 2.05) is 11.8 Å². The summed E-state index contributed by atoms with van der Waals surface area (Å²) in [5.41, 5.74) is 2.50. The van der Waals surface area contributed by atoms with Crippen molar-refractivity contribution >= 4 is 17.8 Å². The van der Waals surface area contributed by atoms with Crippen molar-refractivity contribution in [3.8, 4) is 0 Å². The Bertz CT molecular complexity index is 397. The van der Waals surface area contributed by atoms with E-state index in [4.69, 9.17) is 10.6 Å². The number of ether oxygens (including phenoxy) is 1. The molecule has 0 aromatic carbocycles. The molecule has 1 aromatic heterocycles. The lowest BCUT2D eigenvalue weighted by atomic mass is 10.5. The van der Waals surface area contributed by atoms with Gasteiger partial charge in [0.15, 0.2) is 0 Å². The smallest absolute Gasteiger partial charge is 0.243 e. The minimum Gasteiger partial charge on any atom is -0.383 e. The van der Waals surface area contributed by atoms with Crippen molar-refractivity contribution in [1.82, 2.24) is 15.0 Å². The average Bonchev–Trinajstić information content (AvgIpc) is 2.49. The fourth-order valence-corrected chi connectivity index (χ4v) is 1.81. The summed E-state index contributed by atoms with van der Waals surface area (Å²) in [6, 6.07) is 0. The van der Waals surface area contributed by atoms with Crippen molar-refractivity contribution < 1.29 is 4.74 Å². The molecule has 1 heterocycles. The topological polar surface area (TPSA) is 92.4 Å². The van der Waals surface area contributed by atoms with Crippen LogP contribution in [0, 0.1) is 0 Å². The number of rotatable bonds is 9. The van der Waals surface area contributed by atoms with Crippen molar-refractivity contribution in [2.45, 2.75) is 20.8 Å². The zero-order valence-corrected chi connectivity index (χ0v) is 12.8. The standard InChI is InChI=1S/C12H25N7O/c1-5-18(6-2)11-14-10(17-13)15-12(16-11)19(7-3)8-9-20-4/h5-9,13H2,1-4H3,(H,14,15,16,17). The van der Waals surface area contributed by atoms with Gasteiger partial charge in [-0.3, -0.25) is 5.43 Å². The molecular weight excluding hydrogens is 258 g/mol. The van der Waals surface area contributed by atoms with Crippen LogP contribution >= 0.6 is 0 Å². The molecule has 3 N–H and O–H groups in total. The predicted octanol–water partition coefficient (Wildman–Crippen LogP) is 0.476. The van der Waals surface area contributed by atoms with E-state index in [1.54, 1.807) is 7.11 Å². The molecule has 0 aliphatic carbocycles. The monoisotopic (exact) mass is 283 g/mol. The second-order valence-corrected chi connectivity index (χ2v) is 4.15. The van der Waals surface area contributed by atoms with Gasteiger partial charge in [0.05, 0.1) is 6.61 Å². The summed E-state index contributed by atoms with van der Waals surface area (Å²) in [4.78, 5) is 17.2. The normalized spacial score (nSPS) is 10.4. The van der Waals surface area contributed by atoms with Gasteiger partial charge in [0.2, 0.25) is 17.8 Å². The molecule has 0 aliphatic rings.